The van der Waals surface area contributed by atoms with Crippen LogP contribution in [0.2, 0.25) is 0 Å². The van der Waals surface area contributed by atoms with Gasteiger partial charge in [0.15, 0.2) is 0 Å². The summed E-state index contributed by atoms with van der Waals surface area (Å²) in [6.45, 7) is 4.62. The van der Waals surface area contributed by atoms with Crippen molar-refractivity contribution in [1.82, 2.24) is 10.2 Å². The number of nitrogens with one attached hydrogen (secondary N) is 1. The van der Waals surface area contributed by atoms with Crippen molar-refractivity contribution in [3.05, 3.63) is 42.0 Å². The first-order valence-electron chi connectivity index (χ1n) is 6.02. The molecule has 1 heterocycles. The molecule has 1 aromatic rings. The topological polar surface area (TPSA) is 32.3 Å². The Kier molecular flexibility index (Phi) is 3.94. The van der Waals surface area contributed by atoms with E-state index in [1.54, 1.807) is 6.08 Å². The monoisotopic (exact) mass is 230 g/mol. The van der Waals surface area contributed by atoms with Gasteiger partial charge in [-0.05, 0) is 18.6 Å². The maximum absolute atomic E-state index is 12.0. The molecule has 0 unspecified atom stereocenters. The summed E-state index contributed by atoms with van der Waals surface area (Å²) in [5, 5.41) is 3.28. The van der Waals surface area contributed by atoms with Crippen molar-refractivity contribution in [3.8, 4) is 0 Å². The molecule has 0 bridgehead atoms. The molecule has 1 amide bonds. The van der Waals surface area contributed by atoms with Gasteiger partial charge in [-0.3, -0.25) is 4.79 Å². The number of benzene rings is 1. The first kappa shape index (κ1) is 11.9. The molecular weight excluding hydrogens is 212 g/mol. The van der Waals surface area contributed by atoms with Crippen LogP contribution in [0.25, 0.3) is 6.08 Å². The van der Waals surface area contributed by atoms with Crippen molar-refractivity contribution in [1.29, 1.82) is 0 Å². The van der Waals surface area contributed by atoms with Gasteiger partial charge < -0.3 is 10.2 Å². The van der Waals surface area contributed by atoms with Crippen LogP contribution in [-0.2, 0) is 4.79 Å². The molecule has 3 nitrogen and oxygen atoms in total. The number of hydrogen-bond donors (Lipinski definition) is 1. The molecule has 17 heavy (non-hydrogen) atoms. The average Bonchev–Trinajstić information content (AvgIpc) is 2.38. The van der Waals surface area contributed by atoms with Crippen molar-refractivity contribution in [2.45, 2.75) is 13.0 Å². The lowest BCUT2D eigenvalue weighted by atomic mass is 10.2. The van der Waals surface area contributed by atoms with E-state index in [1.165, 1.54) is 0 Å². The second-order valence-corrected chi connectivity index (χ2v) is 4.33. The van der Waals surface area contributed by atoms with E-state index in [2.05, 4.69) is 12.2 Å². The minimum atomic E-state index is 0.0999. The molecule has 1 aromatic carbocycles. The van der Waals surface area contributed by atoms with Gasteiger partial charge in [0.05, 0.1) is 0 Å². The van der Waals surface area contributed by atoms with Crippen LogP contribution in [0.5, 0.6) is 0 Å². The summed E-state index contributed by atoms with van der Waals surface area (Å²) in [4.78, 5) is 13.9. The molecule has 1 N–H and O–H groups in total. The van der Waals surface area contributed by atoms with Gasteiger partial charge in [0.2, 0.25) is 5.91 Å². The number of piperazine rings is 1. The fraction of sp³-hybridized carbons (Fsp3) is 0.357. The zero-order valence-electron chi connectivity index (χ0n) is 10.1. The molecule has 1 fully saturated rings. The summed E-state index contributed by atoms with van der Waals surface area (Å²) in [5.41, 5.74) is 1.06. The van der Waals surface area contributed by atoms with E-state index in [9.17, 15) is 4.79 Å². The standard InChI is InChI=1S/C14H18N2O/c1-12-11-15-9-10-16(12)14(17)8-7-13-5-3-2-4-6-13/h2-8,12,15H,9-11H2,1H3/b8-7+/t12-/m1/s1. The quantitative estimate of drug-likeness (QED) is 0.781. The van der Waals surface area contributed by atoms with E-state index in [0.29, 0.717) is 0 Å². The number of rotatable bonds is 2. The molecule has 0 aromatic heterocycles. The van der Waals surface area contributed by atoms with E-state index in [0.717, 1.165) is 25.2 Å². The lowest BCUT2D eigenvalue weighted by Gasteiger charge is -2.33. The zero-order valence-corrected chi connectivity index (χ0v) is 10.1. The Morgan fingerprint density at radius 1 is 1.41 bits per heavy atom. The molecule has 0 radical (unpaired) electrons. The maximum Gasteiger partial charge on any atom is 0.246 e. The third-order valence-corrected chi connectivity index (χ3v) is 3.00. The van der Waals surface area contributed by atoms with Crippen molar-refractivity contribution in [2.75, 3.05) is 19.6 Å². The summed E-state index contributed by atoms with van der Waals surface area (Å²) < 4.78 is 0. The Balaban J connectivity index is 1.99. The molecule has 1 aliphatic rings. The fourth-order valence-electron chi connectivity index (χ4n) is 2.00. The van der Waals surface area contributed by atoms with Gasteiger partial charge in [0.1, 0.15) is 0 Å². The molecule has 3 heteroatoms. The van der Waals surface area contributed by atoms with Crippen molar-refractivity contribution in [2.24, 2.45) is 0 Å². The van der Waals surface area contributed by atoms with E-state index in [4.69, 9.17) is 0 Å². The summed E-state index contributed by atoms with van der Waals surface area (Å²) in [6.07, 6.45) is 3.54. The predicted octanol–water partition coefficient (Wildman–Crippen LogP) is 1.52. The van der Waals surface area contributed by atoms with E-state index >= 15 is 0 Å². The Morgan fingerprint density at radius 2 is 2.18 bits per heavy atom. The fourth-order valence-corrected chi connectivity index (χ4v) is 2.00. The zero-order chi connectivity index (χ0) is 12.1. The Bertz CT molecular complexity index is 400. The van der Waals surface area contributed by atoms with Gasteiger partial charge >= 0.3 is 0 Å². The SMILES string of the molecule is C[C@@H]1CNCCN1C(=O)/C=C/c1ccccc1. The molecule has 1 aliphatic heterocycles. The van der Waals surface area contributed by atoms with Crippen LogP contribution < -0.4 is 5.32 Å². The maximum atomic E-state index is 12.0. The molecule has 0 spiro atoms. The van der Waals surface area contributed by atoms with Gasteiger partial charge in [-0.25, -0.2) is 0 Å². The Morgan fingerprint density at radius 3 is 2.88 bits per heavy atom. The molecule has 1 saturated heterocycles. The highest BCUT2D eigenvalue weighted by Gasteiger charge is 2.20. The predicted molar refractivity (Wildman–Crippen MR) is 69.5 cm³/mol. The van der Waals surface area contributed by atoms with Gasteiger partial charge in [-0.15, -0.1) is 0 Å². The second-order valence-electron chi connectivity index (χ2n) is 4.33. The van der Waals surface area contributed by atoms with Gasteiger partial charge in [0.25, 0.3) is 0 Å². The lowest BCUT2D eigenvalue weighted by molar-refractivity contribution is -0.128. The van der Waals surface area contributed by atoms with E-state index in [-0.39, 0.29) is 11.9 Å². The third kappa shape index (κ3) is 3.17. The van der Waals surface area contributed by atoms with Crippen LogP contribution in [-0.4, -0.2) is 36.5 Å². The van der Waals surface area contributed by atoms with Crippen LogP contribution in [0.15, 0.2) is 36.4 Å². The minimum Gasteiger partial charge on any atom is -0.334 e. The second kappa shape index (κ2) is 5.64. The highest BCUT2D eigenvalue weighted by molar-refractivity contribution is 5.92. The largest absolute Gasteiger partial charge is 0.334 e. The van der Waals surface area contributed by atoms with Crippen molar-refractivity contribution in [3.63, 3.8) is 0 Å². The number of amides is 1. The van der Waals surface area contributed by atoms with Crippen LogP contribution in [0.1, 0.15) is 12.5 Å². The van der Waals surface area contributed by atoms with Gasteiger partial charge in [-0.2, -0.15) is 0 Å². The normalized spacial score (nSPS) is 20.8. The van der Waals surface area contributed by atoms with Gasteiger partial charge in [-0.1, -0.05) is 30.3 Å². The van der Waals surface area contributed by atoms with E-state index < -0.39 is 0 Å². The van der Waals surface area contributed by atoms with Crippen molar-refractivity contribution < 1.29 is 4.79 Å². The molecule has 0 aliphatic carbocycles. The first-order valence-corrected chi connectivity index (χ1v) is 6.02. The third-order valence-electron chi connectivity index (χ3n) is 3.00. The Hall–Kier alpha value is -1.61. The highest BCUT2D eigenvalue weighted by Crippen LogP contribution is 2.06. The van der Waals surface area contributed by atoms with Crippen LogP contribution >= 0.6 is 0 Å². The van der Waals surface area contributed by atoms with E-state index in [1.807, 2.05) is 41.3 Å². The molecule has 1 atom stereocenters. The van der Waals surface area contributed by atoms with Crippen LogP contribution in [0, 0.1) is 0 Å². The molecule has 90 valence electrons. The average molecular weight is 230 g/mol. The number of carbonyl (C=O) groups is 1. The first-order chi connectivity index (χ1) is 8.27. The number of hydrogen-bond acceptors (Lipinski definition) is 2. The summed E-state index contributed by atoms with van der Waals surface area (Å²) in [5.74, 6) is 0.0999. The lowest BCUT2D eigenvalue weighted by Crippen LogP contribution is -2.51. The summed E-state index contributed by atoms with van der Waals surface area (Å²) in [7, 11) is 0. The number of carbonyl (C=O) groups excluding carboxylic acids is 1. The minimum absolute atomic E-state index is 0.0999. The van der Waals surface area contributed by atoms with Crippen LogP contribution in [0.4, 0.5) is 0 Å². The smallest absolute Gasteiger partial charge is 0.246 e. The van der Waals surface area contributed by atoms with Crippen LogP contribution in [0.3, 0.4) is 0 Å². The number of nitrogens with zero attached hydrogens (tertiary/aromatic N) is 1. The highest BCUT2D eigenvalue weighted by atomic mass is 16.2. The molecule has 2 rings (SSSR count). The molecular formula is C14H18N2O. The summed E-state index contributed by atoms with van der Waals surface area (Å²) in [6, 6.07) is 10.2. The summed E-state index contributed by atoms with van der Waals surface area (Å²) >= 11 is 0. The van der Waals surface area contributed by atoms with Crippen molar-refractivity contribution >= 4 is 12.0 Å². The Labute approximate surface area is 102 Å². The van der Waals surface area contributed by atoms with Gasteiger partial charge in [0, 0.05) is 31.8 Å². The molecule has 0 saturated carbocycles.